The van der Waals surface area contributed by atoms with E-state index in [0.717, 1.165) is 4.90 Å². The van der Waals surface area contributed by atoms with Crippen LogP contribution in [0.1, 0.15) is 24.3 Å². The van der Waals surface area contributed by atoms with Crippen molar-refractivity contribution < 1.29 is 93.6 Å². The summed E-state index contributed by atoms with van der Waals surface area (Å²) >= 11 is 2.66. The van der Waals surface area contributed by atoms with Gasteiger partial charge in [-0.25, -0.2) is 4.98 Å². The minimum atomic E-state index is -1.40. The van der Waals surface area contributed by atoms with Gasteiger partial charge in [0.05, 0.1) is 42.2 Å². The minimum absolute atomic E-state index is 0. The third-order valence-corrected chi connectivity index (χ3v) is 8.49. The molecule has 0 unspecified atom stereocenters. The van der Waals surface area contributed by atoms with Crippen molar-refractivity contribution >= 4 is 52.0 Å². The quantitative estimate of drug-likeness (QED) is 0.248. The number of carboxylic acid groups (broad SMARTS) is 2. The van der Waals surface area contributed by atoms with Crippen LogP contribution >= 0.6 is 23.1 Å². The normalized spacial score (nSPS) is 24.0. The molecular formula is C20H22N4Na2O7S2. The third-order valence-electron chi connectivity index (χ3n) is 6.14. The average molecular weight is 541 g/mol. The maximum absolute atomic E-state index is 12.4. The van der Waals surface area contributed by atoms with Gasteiger partial charge in [0, 0.05) is 41.6 Å². The fraction of sp³-hybridized carbons (Fsp3) is 0.550. The molecule has 0 aliphatic carbocycles. The van der Waals surface area contributed by atoms with Gasteiger partial charge in [0.2, 0.25) is 5.91 Å². The number of rotatable bonds is 8. The Morgan fingerprint density at radius 3 is 2.49 bits per heavy atom. The Balaban J connectivity index is 0.00000216. The summed E-state index contributed by atoms with van der Waals surface area (Å²) in [6.07, 6.45) is -0.861. The number of nitrogens with zero attached hydrogens (tertiary/aromatic N) is 4. The topological polar surface area (TPSA) is 157 Å². The van der Waals surface area contributed by atoms with E-state index in [1.165, 1.54) is 42.0 Å². The van der Waals surface area contributed by atoms with Crippen LogP contribution in [0.3, 0.4) is 0 Å². The van der Waals surface area contributed by atoms with Gasteiger partial charge in [-0.15, -0.1) is 23.1 Å². The molecule has 4 atom stereocenters. The molecule has 11 nitrogen and oxygen atoms in total. The zero-order valence-corrected chi connectivity index (χ0v) is 25.7. The number of thioether (sulfide) groups is 1. The summed E-state index contributed by atoms with van der Waals surface area (Å²) in [6, 6.07) is -0.380. The van der Waals surface area contributed by atoms with Crippen LogP contribution in [0.2, 0.25) is 0 Å². The van der Waals surface area contributed by atoms with Crippen molar-refractivity contribution in [2.45, 2.75) is 31.2 Å². The van der Waals surface area contributed by atoms with E-state index in [2.05, 4.69) is 4.98 Å². The van der Waals surface area contributed by atoms with Gasteiger partial charge in [0.15, 0.2) is 5.13 Å². The van der Waals surface area contributed by atoms with Crippen LogP contribution in [0.15, 0.2) is 16.0 Å². The van der Waals surface area contributed by atoms with Crippen LogP contribution in [0.5, 0.6) is 0 Å². The van der Waals surface area contributed by atoms with E-state index >= 15 is 0 Å². The Bertz CT molecular complexity index is 1060. The fourth-order valence-corrected chi connectivity index (χ4v) is 6.82. The SMILES string of the molecule is C[C@@H](O)[C@H]1C(=O)N2C(C(=O)[O-])=C(SC3CN(c4nc(C(=O)N(C)CC(=O)[O-])cs4)C3)[C@H](C)[C@H]12.[Na+].[Na+]. The molecule has 0 bridgehead atoms. The van der Waals surface area contributed by atoms with Gasteiger partial charge in [-0.2, -0.15) is 0 Å². The number of carboxylic acids is 2. The van der Waals surface area contributed by atoms with Gasteiger partial charge in [-0.1, -0.05) is 6.92 Å². The molecule has 35 heavy (non-hydrogen) atoms. The average Bonchev–Trinajstić information content (AvgIpc) is 3.25. The summed E-state index contributed by atoms with van der Waals surface area (Å²) < 4.78 is 0. The van der Waals surface area contributed by atoms with Crippen LogP contribution in [0.4, 0.5) is 5.13 Å². The number of aromatic nitrogens is 1. The summed E-state index contributed by atoms with van der Waals surface area (Å²) in [5.41, 5.74) is 0.0456. The second-order valence-corrected chi connectivity index (χ2v) is 10.6. The maximum atomic E-state index is 12.4. The molecule has 1 N–H and O–H groups in total. The van der Waals surface area contributed by atoms with Crippen molar-refractivity contribution in [2.24, 2.45) is 11.8 Å². The van der Waals surface area contributed by atoms with E-state index in [9.17, 15) is 34.5 Å². The molecule has 0 aromatic carbocycles. The number of thiazole rings is 1. The number of carbonyl (C=O) groups excluding carboxylic acids is 4. The molecule has 2 amide bonds. The fourth-order valence-electron chi connectivity index (χ4n) is 4.49. The molecule has 0 saturated carbocycles. The van der Waals surface area contributed by atoms with Crippen molar-refractivity contribution in [3.63, 3.8) is 0 Å². The number of aliphatic hydroxyl groups is 1. The predicted molar refractivity (Wildman–Crippen MR) is 115 cm³/mol. The molecule has 0 radical (unpaired) electrons. The van der Waals surface area contributed by atoms with Crippen LogP contribution in [0.25, 0.3) is 0 Å². The van der Waals surface area contributed by atoms with Crippen LogP contribution in [-0.4, -0.2) is 87.7 Å². The smallest absolute Gasteiger partial charge is 0.548 e. The number of β-lactam (4-membered cyclic amide) rings is 1. The first-order valence-electron chi connectivity index (χ1n) is 10.3. The van der Waals surface area contributed by atoms with Gasteiger partial charge >= 0.3 is 59.1 Å². The molecule has 4 rings (SSSR count). The van der Waals surface area contributed by atoms with E-state index in [1.54, 1.807) is 5.38 Å². The first kappa shape index (κ1) is 30.6. The standard InChI is InChI=1S/C20H24N4O7S2.2Na/c1-8-14-13(9(2)25)18(29)24(14)15(19(30)31)16(8)33-10-4-23(5-10)20-21-11(7-32-20)17(28)22(3)6-12(26)27;;/h7-10,13-14,25H,4-6H2,1-3H3,(H,26,27)(H,30,31);;/q;2*+1/p-2/t8-,9-,13-,14-;;/m1../s1. The molecular weight excluding hydrogens is 518 g/mol. The molecule has 2 fully saturated rings. The van der Waals surface area contributed by atoms with Crippen molar-refractivity contribution in [1.29, 1.82) is 0 Å². The Labute approximate surface area is 254 Å². The number of fused-ring (bicyclic) bond motifs is 1. The summed E-state index contributed by atoms with van der Waals surface area (Å²) in [5.74, 6) is -4.51. The van der Waals surface area contributed by atoms with Crippen molar-refractivity contribution in [3.8, 4) is 0 Å². The van der Waals surface area contributed by atoms with Gasteiger partial charge in [-0.3, -0.25) is 9.59 Å². The van der Waals surface area contributed by atoms with E-state index < -0.39 is 42.3 Å². The molecule has 3 aliphatic heterocycles. The van der Waals surface area contributed by atoms with E-state index in [-0.39, 0.29) is 87.7 Å². The Morgan fingerprint density at radius 2 is 1.94 bits per heavy atom. The Morgan fingerprint density at radius 1 is 1.31 bits per heavy atom. The monoisotopic (exact) mass is 540 g/mol. The van der Waals surface area contributed by atoms with Crippen molar-refractivity contribution in [2.75, 3.05) is 31.6 Å². The molecule has 1 aromatic rings. The second kappa shape index (κ2) is 11.8. The summed E-state index contributed by atoms with van der Waals surface area (Å²) in [7, 11) is 1.36. The summed E-state index contributed by atoms with van der Waals surface area (Å²) in [4.78, 5) is 56.2. The largest absolute Gasteiger partial charge is 1.00 e. The molecule has 2 saturated heterocycles. The minimum Gasteiger partial charge on any atom is -0.548 e. The molecule has 1 aromatic heterocycles. The van der Waals surface area contributed by atoms with Gasteiger partial charge in [0.1, 0.15) is 5.69 Å². The van der Waals surface area contributed by atoms with Crippen LogP contribution in [0, 0.1) is 11.8 Å². The number of anilines is 1. The van der Waals surface area contributed by atoms with Gasteiger partial charge < -0.3 is 39.6 Å². The van der Waals surface area contributed by atoms with Gasteiger partial charge in [-0.05, 0) is 6.92 Å². The third kappa shape index (κ3) is 5.63. The molecule has 178 valence electrons. The van der Waals surface area contributed by atoms with E-state index in [1.807, 2.05) is 11.8 Å². The Kier molecular flexibility index (Phi) is 10.3. The van der Waals surface area contributed by atoms with E-state index in [4.69, 9.17) is 0 Å². The summed E-state index contributed by atoms with van der Waals surface area (Å²) in [6.45, 7) is 3.99. The first-order chi connectivity index (χ1) is 15.5. The second-order valence-electron chi connectivity index (χ2n) is 8.45. The number of hydrogen-bond donors (Lipinski definition) is 1. The Hall–Kier alpha value is -0.640. The zero-order valence-electron chi connectivity index (χ0n) is 20.1. The van der Waals surface area contributed by atoms with E-state index in [0.29, 0.717) is 23.1 Å². The maximum Gasteiger partial charge on any atom is 1.00 e. The first-order valence-corrected chi connectivity index (χ1v) is 12.1. The van der Waals surface area contributed by atoms with Crippen LogP contribution < -0.4 is 74.2 Å². The number of aliphatic carboxylic acids is 2. The summed E-state index contributed by atoms with van der Waals surface area (Å²) in [5, 5.41) is 34.6. The zero-order chi connectivity index (χ0) is 24.2. The van der Waals surface area contributed by atoms with Crippen LogP contribution in [-0.2, 0) is 14.4 Å². The number of likely N-dealkylation sites (N-methyl/N-ethyl adjacent to an activating group) is 1. The molecule has 15 heteroatoms. The molecule has 4 heterocycles. The van der Waals surface area contributed by atoms with Crippen molar-refractivity contribution in [1.82, 2.24) is 14.8 Å². The number of aliphatic hydroxyl groups excluding tert-OH is 1. The number of carbonyl (C=O) groups is 4. The van der Waals surface area contributed by atoms with Gasteiger partial charge in [0.25, 0.3) is 5.91 Å². The number of hydrogen-bond acceptors (Lipinski definition) is 11. The molecule has 0 spiro atoms. The predicted octanol–water partition coefficient (Wildman–Crippen LogP) is -8.29. The van der Waals surface area contributed by atoms with Crippen molar-refractivity contribution in [3.05, 3.63) is 21.7 Å². The number of amides is 2. The molecule has 3 aliphatic rings.